The summed E-state index contributed by atoms with van der Waals surface area (Å²) in [5.74, 6) is 0.271. The minimum atomic E-state index is -4.29. The van der Waals surface area contributed by atoms with Gasteiger partial charge in [0.15, 0.2) is 5.75 Å². The predicted octanol–water partition coefficient (Wildman–Crippen LogP) is 3.45. The first kappa shape index (κ1) is 33.7. The van der Waals surface area contributed by atoms with Crippen molar-refractivity contribution in [1.82, 2.24) is 13.9 Å². The number of nitrogens with zero attached hydrogens (tertiary/aromatic N) is 3. The summed E-state index contributed by atoms with van der Waals surface area (Å²) in [6.45, 7) is 6.60. The second-order valence-electron chi connectivity index (χ2n) is 10.0. The van der Waals surface area contributed by atoms with Crippen molar-refractivity contribution >= 4 is 67.8 Å². The molecule has 1 unspecified atom stereocenters. The van der Waals surface area contributed by atoms with Gasteiger partial charge in [0, 0.05) is 34.6 Å². The Morgan fingerprint density at radius 2 is 1.71 bits per heavy atom. The third-order valence-corrected chi connectivity index (χ3v) is 9.60. The van der Waals surface area contributed by atoms with Crippen molar-refractivity contribution in [2.24, 2.45) is 5.41 Å². The van der Waals surface area contributed by atoms with E-state index < -0.39 is 32.6 Å². The third kappa shape index (κ3) is 6.71. The van der Waals surface area contributed by atoms with Crippen LogP contribution in [0.2, 0.25) is 0 Å². The van der Waals surface area contributed by atoms with Crippen LogP contribution < -0.4 is 14.2 Å². The van der Waals surface area contributed by atoms with E-state index in [1.54, 1.807) is 38.4 Å². The Bertz CT molecular complexity index is 1710. The molecule has 4 rings (SSSR count). The van der Waals surface area contributed by atoms with Gasteiger partial charge in [-0.05, 0) is 64.1 Å². The topological polar surface area (TPSA) is 153 Å². The Morgan fingerprint density at radius 1 is 1.07 bits per heavy atom. The SMILES string of the molecule is COc1ccc2c(c1)nc([S+]([O-])Cc1ncc(C)c(OC)c1C)n2S(=O)(=O)c1ccc(OCC(C)(C)C(=O)O)cc1.[NaH]. The zero-order valence-electron chi connectivity index (χ0n) is 23.5. The molecule has 1 atom stereocenters. The summed E-state index contributed by atoms with van der Waals surface area (Å²) < 4.78 is 59.0. The van der Waals surface area contributed by atoms with Crippen molar-refractivity contribution < 1.29 is 37.1 Å². The number of aryl methyl sites for hydroxylation is 1. The Hall–Kier alpha value is -2.81. The molecule has 0 fully saturated rings. The Kier molecular flexibility index (Phi) is 10.6. The summed E-state index contributed by atoms with van der Waals surface area (Å²) in [7, 11) is -1.27. The van der Waals surface area contributed by atoms with Crippen molar-refractivity contribution in [3.05, 3.63) is 65.5 Å². The number of fused-ring (bicyclic) bond motifs is 1. The van der Waals surface area contributed by atoms with E-state index in [4.69, 9.17) is 14.2 Å². The number of aliphatic carboxylic acids is 1. The van der Waals surface area contributed by atoms with Gasteiger partial charge in [-0.15, -0.1) is 0 Å². The van der Waals surface area contributed by atoms with Gasteiger partial charge in [0.25, 0.3) is 10.0 Å². The summed E-state index contributed by atoms with van der Waals surface area (Å²) in [5.41, 5.74) is 1.40. The molecule has 11 nitrogen and oxygen atoms in total. The van der Waals surface area contributed by atoms with E-state index in [1.807, 2.05) is 6.92 Å². The third-order valence-electron chi connectivity index (χ3n) is 6.55. The van der Waals surface area contributed by atoms with Crippen molar-refractivity contribution in [1.29, 1.82) is 0 Å². The molecule has 0 saturated heterocycles. The number of benzene rings is 2. The normalized spacial score (nSPS) is 12.5. The molecule has 2 aromatic heterocycles. The van der Waals surface area contributed by atoms with Gasteiger partial charge in [-0.2, -0.15) is 8.96 Å². The van der Waals surface area contributed by atoms with Gasteiger partial charge in [-0.3, -0.25) is 9.78 Å². The molecular weight excluding hydrogens is 593 g/mol. The molecule has 0 bridgehead atoms. The van der Waals surface area contributed by atoms with Crippen molar-refractivity contribution in [3.8, 4) is 17.2 Å². The molecule has 0 amide bonds. The molecule has 0 radical (unpaired) electrons. The van der Waals surface area contributed by atoms with Gasteiger partial charge >= 0.3 is 40.7 Å². The van der Waals surface area contributed by atoms with Crippen LogP contribution in [-0.2, 0) is 31.7 Å². The van der Waals surface area contributed by atoms with Gasteiger partial charge in [0.2, 0.25) is 0 Å². The number of rotatable bonds is 11. The number of aromatic nitrogens is 3. The van der Waals surface area contributed by atoms with Gasteiger partial charge in [-0.1, -0.05) is 0 Å². The average molecular weight is 626 g/mol. The summed E-state index contributed by atoms with van der Waals surface area (Å²) in [5, 5.41) is 9.13. The van der Waals surface area contributed by atoms with E-state index in [0.717, 1.165) is 9.54 Å². The van der Waals surface area contributed by atoms with E-state index >= 15 is 0 Å². The minimum absolute atomic E-state index is 0. The molecule has 2 aromatic carbocycles. The van der Waals surface area contributed by atoms with Gasteiger partial charge in [0.05, 0.1) is 41.3 Å². The van der Waals surface area contributed by atoms with Crippen LogP contribution in [0, 0.1) is 19.3 Å². The van der Waals surface area contributed by atoms with Crippen LogP contribution in [0.25, 0.3) is 11.0 Å². The van der Waals surface area contributed by atoms with Crippen LogP contribution in [-0.4, -0.2) is 88.4 Å². The summed E-state index contributed by atoms with van der Waals surface area (Å²) in [6, 6.07) is 10.3. The molecule has 0 aliphatic heterocycles. The molecule has 42 heavy (non-hydrogen) atoms. The molecule has 220 valence electrons. The predicted molar refractivity (Wildman–Crippen MR) is 160 cm³/mol. The molecule has 2 heterocycles. The number of pyridine rings is 1. The summed E-state index contributed by atoms with van der Waals surface area (Å²) in [4.78, 5) is 20.1. The number of hydrogen-bond acceptors (Lipinski definition) is 9. The maximum absolute atomic E-state index is 14.0. The van der Waals surface area contributed by atoms with Crippen molar-refractivity contribution in [2.45, 2.75) is 43.5 Å². The molecule has 0 saturated carbocycles. The van der Waals surface area contributed by atoms with Gasteiger partial charge < -0.3 is 23.9 Å². The van der Waals surface area contributed by atoms with Crippen LogP contribution in [0.1, 0.15) is 30.7 Å². The monoisotopic (exact) mass is 625 g/mol. The van der Waals surface area contributed by atoms with Gasteiger partial charge in [0.1, 0.15) is 23.9 Å². The Labute approximate surface area is 269 Å². The average Bonchev–Trinajstić information content (AvgIpc) is 3.34. The number of imidazole rings is 1. The second kappa shape index (κ2) is 13.2. The zero-order valence-corrected chi connectivity index (χ0v) is 25.1. The van der Waals surface area contributed by atoms with E-state index in [1.165, 1.54) is 45.2 Å². The van der Waals surface area contributed by atoms with Crippen LogP contribution in [0.3, 0.4) is 0 Å². The summed E-state index contributed by atoms with van der Waals surface area (Å²) in [6.07, 6.45) is 1.62. The number of carboxylic acids is 1. The molecule has 14 heteroatoms. The fraction of sp³-hybridized carbons (Fsp3) is 0.321. The Morgan fingerprint density at radius 3 is 2.31 bits per heavy atom. The first-order valence-corrected chi connectivity index (χ1v) is 15.2. The molecule has 1 N–H and O–H groups in total. The van der Waals surface area contributed by atoms with Crippen LogP contribution in [0.5, 0.6) is 17.2 Å². The van der Waals surface area contributed by atoms with Crippen LogP contribution in [0.15, 0.2) is 58.7 Å². The fourth-order valence-electron chi connectivity index (χ4n) is 4.06. The molecule has 4 aromatic rings. The Balaban J connectivity index is 0.00000484. The number of methoxy groups -OCH3 is 2. The first-order valence-electron chi connectivity index (χ1n) is 12.5. The van der Waals surface area contributed by atoms with E-state index in [-0.39, 0.29) is 57.5 Å². The quantitative estimate of drug-likeness (QED) is 0.194. The van der Waals surface area contributed by atoms with E-state index in [2.05, 4.69) is 9.97 Å². The molecule has 0 spiro atoms. The van der Waals surface area contributed by atoms with Gasteiger partial charge in [-0.25, -0.2) is 8.42 Å². The van der Waals surface area contributed by atoms with Crippen molar-refractivity contribution in [2.75, 3.05) is 20.8 Å². The van der Waals surface area contributed by atoms with Crippen LogP contribution in [0.4, 0.5) is 0 Å². The first-order chi connectivity index (χ1) is 19.3. The zero-order chi connectivity index (χ0) is 30.1. The maximum atomic E-state index is 14.0. The number of hydrogen-bond donors (Lipinski definition) is 1. The number of carbonyl (C=O) groups is 1. The molecule has 0 aliphatic rings. The molecule has 0 aliphatic carbocycles. The fourth-order valence-corrected chi connectivity index (χ4v) is 7.11. The number of carboxylic acid groups (broad SMARTS) is 1. The van der Waals surface area contributed by atoms with Crippen LogP contribution >= 0.6 is 0 Å². The number of ether oxygens (including phenoxy) is 3. The van der Waals surface area contributed by atoms with E-state index in [0.29, 0.717) is 34.0 Å². The second-order valence-corrected chi connectivity index (χ2v) is 13.1. The van der Waals surface area contributed by atoms with E-state index in [9.17, 15) is 22.9 Å². The van der Waals surface area contributed by atoms with Crippen molar-refractivity contribution in [3.63, 3.8) is 0 Å². The summed E-state index contributed by atoms with van der Waals surface area (Å²) >= 11 is -1.92. The standard InChI is InChI=1S/C28H31N3O8S2.Na.H/c1-17-14-29-23(18(2)25(17)38-6)15-40(34)27-30-22-13-20(37-5)9-12-24(22)31(27)41(35,36)21-10-7-19(8-11-21)39-16-28(3,4)26(32)33;;/h7-14H,15-16H2,1-6H3,(H,32,33);;. The molecular formula is C28H32N3NaO8S2.